The monoisotopic (exact) mass is 426 g/mol. The SMILES string of the molecule is CC(Cc1ccccc1Br)NC(=O)c1ccn(C2CCCNC2)n1.Cl. The molecule has 1 aromatic carbocycles. The molecule has 136 valence electrons. The van der Waals surface area contributed by atoms with Crippen LogP contribution in [0.5, 0.6) is 0 Å². The first-order chi connectivity index (χ1) is 11.6. The summed E-state index contributed by atoms with van der Waals surface area (Å²) >= 11 is 3.55. The Morgan fingerprint density at radius 3 is 2.96 bits per heavy atom. The maximum atomic E-state index is 12.4. The largest absolute Gasteiger partial charge is 0.348 e. The van der Waals surface area contributed by atoms with Crippen LogP contribution in [0.2, 0.25) is 0 Å². The van der Waals surface area contributed by atoms with Gasteiger partial charge in [-0.2, -0.15) is 5.10 Å². The predicted octanol–water partition coefficient (Wildman–Crippen LogP) is 3.35. The molecule has 25 heavy (non-hydrogen) atoms. The van der Waals surface area contributed by atoms with Gasteiger partial charge in [0.15, 0.2) is 0 Å². The van der Waals surface area contributed by atoms with Crippen LogP contribution in [-0.4, -0.2) is 34.8 Å². The Bertz CT molecular complexity index is 700. The third-order valence-electron chi connectivity index (χ3n) is 4.35. The van der Waals surface area contributed by atoms with E-state index in [1.165, 1.54) is 5.56 Å². The van der Waals surface area contributed by atoms with E-state index in [-0.39, 0.29) is 24.4 Å². The molecule has 1 fully saturated rings. The lowest BCUT2D eigenvalue weighted by Gasteiger charge is -2.22. The molecule has 0 bridgehead atoms. The summed E-state index contributed by atoms with van der Waals surface area (Å²) in [5.41, 5.74) is 1.67. The molecular weight excluding hydrogens is 404 g/mol. The highest BCUT2D eigenvalue weighted by molar-refractivity contribution is 9.10. The zero-order valence-electron chi connectivity index (χ0n) is 14.2. The van der Waals surface area contributed by atoms with E-state index >= 15 is 0 Å². The van der Waals surface area contributed by atoms with Crippen molar-refractivity contribution in [3.8, 4) is 0 Å². The van der Waals surface area contributed by atoms with Crippen LogP contribution in [0, 0.1) is 0 Å². The third kappa shape index (κ3) is 5.30. The van der Waals surface area contributed by atoms with Gasteiger partial charge in [-0.15, -0.1) is 12.4 Å². The smallest absolute Gasteiger partial charge is 0.271 e. The van der Waals surface area contributed by atoms with Crippen LogP contribution in [0.3, 0.4) is 0 Å². The van der Waals surface area contributed by atoms with Gasteiger partial charge < -0.3 is 10.6 Å². The summed E-state index contributed by atoms with van der Waals surface area (Å²) < 4.78 is 2.99. The van der Waals surface area contributed by atoms with Crippen LogP contribution in [0.4, 0.5) is 0 Å². The second-order valence-electron chi connectivity index (χ2n) is 6.35. The molecule has 2 N–H and O–H groups in total. The van der Waals surface area contributed by atoms with Crippen molar-refractivity contribution in [3.05, 3.63) is 52.3 Å². The van der Waals surface area contributed by atoms with Gasteiger partial charge in [0.1, 0.15) is 5.69 Å². The van der Waals surface area contributed by atoms with E-state index in [2.05, 4.69) is 37.7 Å². The van der Waals surface area contributed by atoms with Crippen LogP contribution in [0.15, 0.2) is 41.0 Å². The van der Waals surface area contributed by atoms with E-state index in [0.717, 1.165) is 36.8 Å². The highest BCUT2D eigenvalue weighted by Crippen LogP contribution is 2.18. The number of nitrogens with zero attached hydrogens (tertiary/aromatic N) is 2. The van der Waals surface area contributed by atoms with Gasteiger partial charge in [-0.25, -0.2) is 0 Å². The number of carbonyl (C=O) groups is 1. The number of aromatic nitrogens is 2. The second-order valence-corrected chi connectivity index (χ2v) is 7.21. The first-order valence-corrected chi connectivity index (χ1v) is 9.23. The van der Waals surface area contributed by atoms with Gasteiger partial charge in [0.2, 0.25) is 0 Å². The minimum Gasteiger partial charge on any atom is -0.348 e. The number of halogens is 2. The van der Waals surface area contributed by atoms with E-state index in [1.54, 1.807) is 6.07 Å². The summed E-state index contributed by atoms with van der Waals surface area (Å²) in [6.45, 7) is 4.00. The molecule has 0 spiro atoms. The predicted molar refractivity (Wildman–Crippen MR) is 105 cm³/mol. The fourth-order valence-electron chi connectivity index (χ4n) is 3.06. The molecule has 7 heteroatoms. The fraction of sp³-hybridized carbons (Fsp3) is 0.444. The quantitative estimate of drug-likeness (QED) is 0.769. The normalized spacial score (nSPS) is 18.2. The van der Waals surface area contributed by atoms with Crippen molar-refractivity contribution >= 4 is 34.2 Å². The molecule has 1 amide bonds. The minimum absolute atomic E-state index is 0. The molecule has 1 saturated heterocycles. The van der Waals surface area contributed by atoms with Crippen LogP contribution >= 0.6 is 28.3 Å². The molecule has 1 aromatic heterocycles. The van der Waals surface area contributed by atoms with Gasteiger partial charge in [-0.1, -0.05) is 34.1 Å². The van der Waals surface area contributed by atoms with Gasteiger partial charge in [0, 0.05) is 23.3 Å². The maximum Gasteiger partial charge on any atom is 0.271 e. The van der Waals surface area contributed by atoms with E-state index in [0.29, 0.717) is 11.7 Å². The van der Waals surface area contributed by atoms with E-state index < -0.39 is 0 Å². The van der Waals surface area contributed by atoms with E-state index in [9.17, 15) is 4.79 Å². The van der Waals surface area contributed by atoms with Crippen LogP contribution in [0.1, 0.15) is 41.9 Å². The van der Waals surface area contributed by atoms with Gasteiger partial charge in [0.25, 0.3) is 5.91 Å². The van der Waals surface area contributed by atoms with Crippen molar-refractivity contribution in [1.82, 2.24) is 20.4 Å². The molecule has 2 heterocycles. The number of hydrogen-bond donors (Lipinski definition) is 2. The van der Waals surface area contributed by atoms with E-state index in [4.69, 9.17) is 0 Å². The molecule has 0 radical (unpaired) electrons. The molecule has 2 aromatic rings. The first-order valence-electron chi connectivity index (χ1n) is 8.43. The van der Waals surface area contributed by atoms with Crippen LogP contribution in [0.25, 0.3) is 0 Å². The molecule has 2 atom stereocenters. The molecule has 3 rings (SSSR count). The highest BCUT2D eigenvalue weighted by Gasteiger charge is 2.18. The Kier molecular flexibility index (Phi) is 7.47. The zero-order chi connectivity index (χ0) is 16.9. The lowest BCUT2D eigenvalue weighted by molar-refractivity contribution is 0.0933. The number of benzene rings is 1. The number of rotatable bonds is 5. The van der Waals surface area contributed by atoms with Crippen LogP contribution < -0.4 is 10.6 Å². The molecule has 5 nitrogen and oxygen atoms in total. The summed E-state index contributed by atoms with van der Waals surface area (Å²) in [5, 5.41) is 10.9. The Morgan fingerprint density at radius 2 is 2.24 bits per heavy atom. The molecule has 1 aliphatic heterocycles. The van der Waals surface area contributed by atoms with Gasteiger partial charge in [-0.3, -0.25) is 9.48 Å². The number of nitrogens with one attached hydrogen (secondary N) is 2. The Balaban J connectivity index is 0.00000225. The topological polar surface area (TPSA) is 59.0 Å². The third-order valence-corrected chi connectivity index (χ3v) is 5.12. The highest BCUT2D eigenvalue weighted by atomic mass is 79.9. The summed E-state index contributed by atoms with van der Waals surface area (Å²) in [5.74, 6) is -0.114. The summed E-state index contributed by atoms with van der Waals surface area (Å²) in [7, 11) is 0. The average molecular weight is 428 g/mol. The number of piperidine rings is 1. The Hall–Kier alpha value is -1.37. The zero-order valence-corrected chi connectivity index (χ0v) is 16.6. The van der Waals surface area contributed by atoms with Crippen molar-refractivity contribution in [1.29, 1.82) is 0 Å². The number of carbonyl (C=O) groups excluding carboxylic acids is 1. The van der Waals surface area contributed by atoms with Crippen molar-refractivity contribution in [3.63, 3.8) is 0 Å². The molecular formula is C18H24BrClN4O. The minimum atomic E-state index is -0.114. The van der Waals surface area contributed by atoms with Crippen LogP contribution in [-0.2, 0) is 6.42 Å². The fourth-order valence-corrected chi connectivity index (χ4v) is 3.51. The van der Waals surface area contributed by atoms with Crippen molar-refractivity contribution in [2.45, 2.75) is 38.3 Å². The summed E-state index contributed by atoms with van der Waals surface area (Å²) in [4.78, 5) is 12.4. The lowest BCUT2D eigenvalue weighted by atomic mass is 10.1. The lowest BCUT2D eigenvalue weighted by Crippen LogP contribution is -2.35. The Labute approximate surface area is 163 Å². The van der Waals surface area contributed by atoms with Crippen molar-refractivity contribution in [2.75, 3.05) is 13.1 Å². The second kappa shape index (κ2) is 9.36. The molecule has 0 aliphatic carbocycles. The molecule has 0 saturated carbocycles. The van der Waals surface area contributed by atoms with E-state index in [1.807, 2.05) is 36.0 Å². The molecule has 1 aliphatic rings. The van der Waals surface area contributed by atoms with Gasteiger partial charge in [0.05, 0.1) is 6.04 Å². The standard InChI is InChI=1S/C18H23BrN4O.ClH/c1-13(11-14-5-2-3-7-16(14)19)21-18(24)17-8-10-23(22-17)15-6-4-9-20-12-15;/h2-3,5,7-8,10,13,15,20H,4,6,9,11-12H2,1H3,(H,21,24);1H. The van der Waals surface area contributed by atoms with Gasteiger partial charge >= 0.3 is 0 Å². The number of hydrogen-bond acceptors (Lipinski definition) is 3. The molecule has 2 unspecified atom stereocenters. The number of amides is 1. The maximum absolute atomic E-state index is 12.4. The first kappa shape index (κ1) is 19.9. The van der Waals surface area contributed by atoms with Gasteiger partial charge in [-0.05, 0) is 50.4 Å². The average Bonchev–Trinajstić information content (AvgIpc) is 3.08. The summed E-state index contributed by atoms with van der Waals surface area (Å²) in [6, 6.07) is 10.3. The summed E-state index contributed by atoms with van der Waals surface area (Å²) in [6.07, 6.45) is 4.94. The van der Waals surface area contributed by atoms with Crippen molar-refractivity contribution in [2.24, 2.45) is 0 Å². The Morgan fingerprint density at radius 1 is 1.44 bits per heavy atom. The van der Waals surface area contributed by atoms with Crippen molar-refractivity contribution < 1.29 is 4.79 Å².